The van der Waals surface area contributed by atoms with Crippen LogP contribution in [0.25, 0.3) is 0 Å². The summed E-state index contributed by atoms with van der Waals surface area (Å²) >= 11 is 0. The number of hydrogen-bond donors (Lipinski definition) is 1. The summed E-state index contributed by atoms with van der Waals surface area (Å²) < 4.78 is 7.80. The first kappa shape index (κ1) is 12.6. The van der Waals surface area contributed by atoms with Gasteiger partial charge in [0.15, 0.2) is 18.1 Å². The second kappa shape index (κ2) is 4.91. The van der Waals surface area contributed by atoms with Crippen LogP contribution in [0.15, 0.2) is 11.0 Å². The molecular weight excluding hydrogens is 264 g/mol. The lowest BCUT2D eigenvalue weighted by Crippen LogP contribution is -2.13. The molecule has 0 aromatic carbocycles. The molecule has 0 unspecified atom stereocenters. The Balaban J connectivity index is 1.57. The van der Waals surface area contributed by atoms with E-state index in [4.69, 9.17) is 4.74 Å². The average molecular weight is 278 g/mol. The fourth-order valence-corrected chi connectivity index (χ4v) is 1.77. The van der Waals surface area contributed by atoms with Crippen molar-refractivity contribution < 1.29 is 9.53 Å². The molecule has 0 radical (unpaired) electrons. The highest BCUT2D eigenvalue weighted by Crippen LogP contribution is 2.30. The van der Waals surface area contributed by atoms with E-state index >= 15 is 0 Å². The fraction of sp³-hybridized carbons (Fsp3) is 0.545. The maximum Gasteiger partial charge on any atom is 0.360 e. The summed E-state index contributed by atoms with van der Waals surface area (Å²) in [5, 5.41) is 11.5. The zero-order valence-electron chi connectivity index (χ0n) is 10.9. The Labute approximate surface area is 113 Å². The summed E-state index contributed by atoms with van der Waals surface area (Å²) in [6.07, 6.45) is 3.97. The molecule has 106 valence electrons. The minimum Gasteiger partial charge on any atom is -0.453 e. The number of nitrogens with zero attached hydrogens (tertiary/aromatic N) is 5. The lowest BCUT2D eigenvalue weighted by atomic mass is 10.4. The highest BCUT2D eigenvalue weighted by atomic mass is 16.5. The Bertz CT molecular complexity index is 680. The summed E-state index contributed by atoms with van der Waals surface area (Å²) in [5.74, 6) is 0.355. The van der Waals surface area contributed by atoms with E-state index in [0.717, 1.165) is 11.2 Å². The molecule has 20 heavy (non-hydrogen) atoms. The predicted molar refractivity (Wildman–Crippen MR) is 65.7 cm³/mol. The molecule has 2 heterocycles. The van der Waals surface area contributed by atoms with Crippen LogP contribution in [0.3, 0.4) is 0 Å². The van der Waals surface area contributed by atoms with E-state index in [1.54, 1.807) is 10.9 Å². The van der Waals surface area contributed by atoms with E-state index in [-0.39, 0.29) is 23.8 Å². The number of carbonyl (C=O) groups is 1. The van der Waals surface area contributed by atoms with E-state index in [2.05, 4.69) is 20.4 Å². The van der Waals surface area contributed by atoms with Gasteiger partial charge >= 0.3 is 11.7 Å². The van der Waals surface area contributed by atoms with Crippen molar-refractivity contribution in [3.8, 4) is 0 Å². The Morgan fingerprint density at radius 3 is 3.00 bits per heavy atom. The number of aromatic amines is 1. The molecule has 9 nitrogen and oxygen atoms in total. The fourth-order valence-electron chi connectivity index (χ4n) is 1.77. The van der Waals surface area contributed by atoms with Crippen LogP contribution in [0.4, 0.5) is 0 Å². The third kappa shape index (κ3) is 2.76. The van der Waals surface area contributed by atoms with Gasteiger partial charge in [-0.1, -0.05) is 5.21 Å². The van der Waals surface area contributed by atoms with Crippen molar-refractivity contribution in [2.45, 2.75) is 26.0 Å². The third-order valence-electron chi connectivity index (χ3n) is 3.05. The van der Waals surface area contributed by atoms with Gasteiger partial charge in [-0.25, -0.2) is 14.3 Å². The number of carbonyl (C=O) groups excluding carboxylic acids is 1. The largest absolute Gasteiger partial charge is 0.453 e. The quantitative estimate of drug-likeness (QED) is 0.736. The van der Waals surface area contributed by atoms with Crippen LogP contribution in [0.2, 0.25) is 0 Å². The lowest BCUT2D eigenvalue weighted by molar-refractivity contribution is 0.0455. The van der Waals surface area contributed by atoms with Gasteiger partial charge in [0.25, 0.3) is 0 Å². The molecule has 1 aliphatic carbocycles. The molecule has 2 aromatic rings. The van der Waals surface area contributed by atoms with Crippen molar-refractivity contribution in [2.24, 2.45) is 13.0 Å². The Kier molecular flexibility index (Phi) is 3.09. The van der Waals surface area contributed by atoms with Crippen LogP contribution in [0.1, 0.15) is 29.2 Å². The van der Waals surface area contributed by atoms with Gasteiger partial charge in [-0.3, -0.25) is 9.67 Å². The van der Waals surface area contributed by atoms with E-state index in [0.29, 0.717) is 5.92 Å². The molecule has 0 bridgehead atoms. The van der Waals surface area contributed by atoms with Gasteiger partial charge in [0, 0.05) is 13.6 Å². The second-order valence-corrected chi connectivity index (χ2v) is 4.85. The van der Waals surface area contributed by atoms with Crippen LogP contribution in [-0.4, -0.2) is 35.7 Å². The molecule has 0 amide bonds. The molecule has 2 aromatic heterocycles. The van der Waals surface area contributed by atoms with Crippen molar-refractivity contribution in [1.29, 1.82) is 0 Å². The van der Waals surface area contributed by atoms with E-state index in [9.17, 15) is 9.59 Å². The van der Waals surface area contributed by atoms with Crippen LogP contribution >= 0.6 is 0 Å². The number of hydrogen-bond acceptors (Lipinski definition) is 6. The average Bonchev–Trinajstić information content (AvgIpc) is 3.00. The summed E-state index contributed by atoms with van der Waals surface area (Å²) in [7, 11) is 1.51. The first-order valence-corrected chi connectivity index (χ1v) is 6.31. The molecule has 0 atom stereocenters. The maximum atomic E-state index is 11.8. The topological polar surface area (TPSA) is 108 Å². The molecule has 1 saturated carbocycles. The van der Waals surface area contributed by atoms with Crippen molar-refractivity contribution in [3.63, 3.8) is 0 Å². The predicted octanol–water partition coefficient (Wildman–Crippen LogP) is -0.533. The molecule has 0 aliphatic heterocycles. The van der Waals surface area contributed by atoms with Crippen LogP contribution < -0.4 is 5.69 Å². The number of aryl methyl sites for hydroxylation is 1. The summed E-state index contributed by atoms with van der Waals surface area (Å²) in [5.41, 5.74) is -0.199. The molecule has 3 rings (SSSR count). The van der Waals surface area contributed by atoms with E-state index < -0.39 is 5.97 Å². The molecule has 0 saturated heterocycles. The van der Waals surface area contributed by atoms with Crippen molar-refractivity contribution in [3.05, 3.63) is 28.2 Å². The molecule has 9 heteroatoms. The molecule has 1 fully saturated rings. The van der Waals surface area contributed by atoms with Crippen molar-refractivity contribution in [1.82, 2.24) is 29.8 Å². The van der Waals surface area contributed by atoms with Gasteiger partial charge in [-0.15, -0.1) is 5.10 Å². The Hall–Kier alpha value is -2.45. The lowest BCUT2D eigenvalue weighted by Gasteiger charge is -1.98. The van der Waals surface area contributed by atoms with Crippen LogP contribution in [-0.2, 0) is 24.9 Å². The van der Waals surface area contributed by atoms with Crippen molar-refractivity contribution in [2.75, 3.05) is 0 Å². The number of ether oxygens (including phenoxy) is 1. The third-order valence-corrected chi connectivity index (χ3v) is 3.05. The number of esters is 1. The second-order valence-electron chi connectivity index (χ2n) is 4.85. The highest BCUT2D eigenvalue weighted by Gasteiger charge is 2.23. The monoisotopic (exact) mass is 278 g/mol. The Morgan fingerprint density at radius 2 is 2.35 bits per heavy atom. The van der Waals surface area contributed by atoms with Gasteiger partial charge in [0.05, 0.1) is 6.20 Å². The number of aromatic nitrogens is 6. The Morgan fingerprint density at radius 1 is 1.55 bits per heavy atom. The zero-order chi connectivity index (χ0) is 14.1. The van der Waals surface area contributed by atoms with E-state index in [1.165, 1.54) is 19.9 Å². The van der Waals surface area contributed by atoms with Gasteiger partial charge in [0.2, 0.25) is 0 Å². The van der Waals surface area contributed by atoms with Crippen LogP contribution in [0, 0.1) is 5.92 Å². The van der Waals surface area contributed by atoms with Gasteiger partial charge < -0.3 is 4.74 Å². The van der Waals surface area contributed by atoms with Gasteiger partial charge in [-0.05, 0) is 18.8 Å². The molecule has 0 spiro atoms. The molecule has 1 aliphatic rings. The summed E-state index contributed by atoms with van der Waals surface area (Å²) in [6.45, 7) is 0.679. The van der Waals surface area contributed by atoms with Gasteiger partial charge in [-0.2, -0.15) is 5.10 Å². The minimum absolute atomic E-state index is 0.107. The maximum absolute atomic E-state index is 11.8. The van der Waals surface area contributed by atoms with Gasteiger partial charge in [0.1, 0.15) is 0 Å². The number of rotatable bonds is 5. The van der Waals surface area contributed by atoms with Crippen LogP contribution in [0.5, 0.6) is 0 Å². The highest BCUT2D eigenvalue weighted by molar-refractivity contribution is 5.86. The minimum atomic E-state index is -0.585. The first-order valence-electron chi connectivity index (χ1n) is 6.31. The molecular formula is C11H14N6O3. The summed E-state index contributed by atoms with van der Waals surface area (Å²) in [4.78, 5) is 25.4. The zero-order valence-corrected chi connectivity index (χ0v) is 10.9. The number of nitrogens with one attached hydrogen (secondary N) is 1. The normalized spacial score (nSPS) is 14.4. The molecule has 1 N–H and O–H groups in total. The number of H-pyrrole nitrogens is 1. The van der Waals surface area contributed by atoms with Crippen molar-refractivity contribution >= 4 is 5.97 Å². The van der Waals surface area contributed by atoms with E-state index in [1.807, 2.05) is 0 Å². The standard InChI is InChI=1S/C11H14N6O3/c1-16-11(19)12-9(14-16)6-20-10(18)8-5-17(15-13-8)4-7-2-3-7/h5,7H,2-4,6H2,1H3,(H,12,14,19). The smallest absolute Gasteiger partial charge is 0.360 e. The first-order chi connectivity index (χ1) is 9.61. The SMILES string of the molecule is Cn1nc(COC(=O)c2cn(CC3CC3)nn2)[nH]c1=O. The summed E-state index contributed by atoms with van der Waals surface area (Å²) in [6, 6.07) is 0.